The lowest BCUT2D eigenvalue weighted by atomic mass is 10.1. The molecule has 7 nitrogen and oxygen atoms in total. The maximum absolute atomic E-state index is 10.7. The van der Waals surface area contributed by atoms with Crippen LogP contribution in [0, 0.1) is 17.0 Å². The van der Waals surface area contributed by atoms with Gasteiger partial charge in [-0.1, -0.05) is 0 Å². The highest BCUT2D eigenvalue weighted by atomic mass is 16.6. The Labute approximate surface area is 110 Å². The lowest BCUT2D eigenvalue weighted by molar-refractivity contribution is -0.385. The molecule has 0 aliphatic rings. The molecule has 104 valence electrons. The van der Waals surface area contributed by atoms with Gasteiger partial charge in [0.1, 0.15) is 0 Å². The molecular weight excluding hydrogens is 252 g/mol. The van der Waals surface area contributed by atoms with Crippen molar-refractivity contribution in [3.05, 3.63) is 33.9 Å². The van der Waals surface area contributed by atoms with E-state index in [0.717, 1.165) is 0 Å². The summed E-state index contributed by atoms with van der Waals surface area (Å²) in [6, 6.07) is 4.64. The van der Waals surface area contributed by atoms with E-state index in [1.807, 2.05) is 0 Å². The van der Waals surface area contributed by atoms with E-state index in [-0.39, 0.29) is 12.1 Å². The Morgan fingerprint density at radius 1 is 1.58 bits per heavy atom. The van der Waals surface area contributed by atoms with Crippen LogP contribution in [0.5, 0.6) is 0 Å². The Kier molecular flexibility index (Phi) is 5.25. The summed E-state index contributed by atoms with van der Waals surface area (Å²) >= 11 is 0. The third kappa shape index (κ3) is 4.55. The first-order valence-electron chi connectivity index (χ1n) is 5.67. The van der Waals surface area contributed by atoms with Gasteiger partial charge in [0, 0.05) is 31.0 Å². The molecule has 1 aromatic carbocycles. The lowest BCUT2D eigenvalue weighted by Crippen LogP contribution is -2.25. The van der Waals surface area contributed by atoms with Crippen LogP contribution in [0.1, 0.15) is 12.0 Å². The molecular formula is C12H16N2O5. The number of hydrogen-bond donors (Lipinski definition) is 2. The zero-order valence-electron chi connectivity index (χ0n) is 10.8. The number of aliphatic carboxylic acids is 1. The number of ether oxygens (including phenoxy) is 1. The molecule has 19 heavy (non-hydrogen) atoms. The smallest absolute Gasteiger partial charge is 0.306 e. The summed E-state index contributed by atoms with van der Waals surface area (Å²) in [6.45, 7) is 1.97. The van der Waals surface area contributed by atoms with Crippen molar-refractivity contribution < 1.29 is 19.6 Å². The molecule has 0 aromatic heterocycles. The maximum Gasteiger partial charge on any atom is 0.306 e. The second-order valence-electron chi connectivity index (χ2n) is 4.09. The van der Waals surface area contributed by atoms with E-state index in [9.17, 15) is 14.9 Å². The van der Waals surface area contributed by atoms with Crippen LogP contribution < -0.4 is 5.32 Å². The van der Waals surface area contributed by atoms with Gasteiger partial charge in [-0.15, -0.1) is 0 Å². The van der Waals surface area contributed by atoms with Crippen LogP contribution >= 0.6 is 0 Å². The zero-order chi connectivity index (χ0) is 14.4. The van der Waals surface area contributed by atoms with Gasteiger partial charge >= 0.3 is 5.97 Å². The standard InChI is InChI=1S/C12H16N2O5/c1-8-5-9(3-4-11(8)14(17)18)13-7-10(19-2)6-12(15)16/h3-5,10,13H,6-7H2,1-2H3,(H,15,16). The number of anilines is 1. The fourth-order valence-electron chi connectivity index (χ4n) is 1.64. The van der Waals surface area contributed by atoms with Gasteiger partial charge in [0.05, 0.1) is 17.4 Å². The summed E-state index contributed by atoms with van der Waals surface area (Å²) in [5.41, 5.74) is 1.29. The summed E-state index contributed by atoms with van der Waals surface area (Å²) in [5.74, 6) is -0.937. The highest BCUT2D eigenvalue weighted by Crippen LogP contribution is 2.21. The van der Waals surface area contributed by atoms with Gasteiger partial charge in [-0.25, -0.2) is 0 Å². The Hall–Kier alpha value is -2.15. The predicted molar refractivity (Wildman–Crippen MR) is 69.4 cm³/mol. The zero-order valence-corrected chi connectivity index (χ0v) is 10.8. The molecule has 0 spiro atoms. The van der Waals surface area contributed by atoms with Crippen molar-refractivity contribution in [2.24, 2.45) is 0 Å². The number of methoxy groups -OCH3 is 1. The average molecular weight is 268 g/mol. The number of aryl methyl sites for hydroxylation is 1. The van der Waals surface area contributed by atoms with Crippen molar-refractivity contribution in [1.82, 2.24) is 0 Å². The topological polar surface area (TPSA) is 102 Å². The Balaban J connectivity index is 2.65. The van der Waals surface area contributed by atoms with Crippen LogP contribution in [0.25, 0.3) is 0 Å². The molecule has 0 radical (unpaired) electrons. The van der Waals surface area contributed by atoms with Crippen molar-refractivity contribution in [3.8, 4) is 0 Å². The average Bonchev–Trinajstić information content (AvgIpc) is 2.33. The Morgan fingerprint density at radius 3 is 2.74 bits per heavy atom. The second-order valence-corrected chi connectivity index (χ2v) is 4.09. The SMILES string of the molecule is COC(CNc1ccc([N+](=O)[O-])c(C)c1)CC(=O)O. The van der Waals surface area contributed by atoms with E-state index in [2.05, 4.69) is 5.32 Å². The molecule has 0 heterocycles. The number of carboxylic acids is 1. The van der Waals surface area contributed by atoms with Gasteiger partial charge < -0.3 is 15.2 Å². The van der Waals surface area contributed by atoms with Crippen molar-refractivity contribution in [3.63, 3.8) is 0 Å². The predicted octanol–water partition coefficient (Wildman–Crippen LogP) is 1.80. The summed E-state index contributed by atoms with van der Waals surface area (Å²) in [4.78, 5) is 20.8. The van der Waals surface area contributed by atoms with Gasteiger partial charge in [-0.05, 0) is 19.1 Å². The van der Waals surface area contributed by atoms with Crippen LogP contribution in [-0.2, 0) is 9.53 Å². The number of carbonyl (C=O) groups is 1. The number of carboxylic acid groups (broad SMARTS) is 1. The third-order valence-electron chi connectivity index (χ3n) is 2.66. The molecule has 0 saturated heterocycles. The van der Waals surface area contributed by atoms with E-state index in [1.165, 1.54) is 13.2 Å². The number of benzene rings is 1. The van der Waals surface area contributed by atoms with Gasteiger partial charge in [0.2, 0.25) is 0 Å². The third-order valence-corrected chi connectivity index (χ3v) is 2.66. The summed E-state index contributed by atoms with van der Waals surface area (Å²) in [7, 11) is 1.44. The van der Waals surface area contributed by atoms with Crippen molar-refractivity contribution in [2.75, 3.05) is 19.0 Å². The highest BCUT2D eigenvalue weighted by Gasteiger charge is 2.13. The number of nitrogens with one attached hydrogen (secondary N) is 1. The van der Waals surface area contributed by atoms with Crippen LogP contribution in [0.15, 0.2) is 18.2 Å². The number of hydrogen-bond acceptors (Lipinski definition) is 5. The Bertz CT molecular complexity index is 475. The minimum atomic E-state index is -0.937. The largest absolute Gasteiger partial charge is 0.481 e. The fraction of sp³-hybridized carbons (Fsp3) is 0.417. The van der Waals surface area contributed by atoms with Crippen LogP contribution in [-0.4, -0.2) is 35.8 Å². The highest BCUT2D eigenvalue weighted by molar-refractivity contribution is 5.67. The normalized spacial score (nSPS) is 11.9. The number of rotatable bonds is 7. The first-order valence-corrected chi connectivity index (χ1v) is 5.67. The quantitative estimate of drug-likeness (QED) is 0.577. The van der Waals surface area contributed by atoms with E-state index >= 15 is 0 Å². The maximum atomic E-state index is 10.7. The van der Waals surface area contributed by atoms with Gasteiger partial charge in [-0.2, -0.15) is 0 Å². The number of nitrogens with zero attached hydrogens (tertiary/aromatic N) is 1. The molecule has 2 N–H and O–H groups in total. The van der Waals surface area contributed by atoms with Crippen molar-refractivity contribution >= 4 is 17.3 Å². The number of nitro benzene ring substituents is 1. The minimum absolute atomic E-state index is 0.0550. The molecule has 0 aliphatic carbocycles. The first-order chi connectivity index (χ1) is 8.93. The first kappa shape index (κ1) is 14.9. The number of nitro groups is 1. The lowest BCUT2D eigenvalue weighted by Gasteiger charge is -2.15. The van der Waals surface area contributed by atoms with Gasteiger partial charge in [-0.3, -0.25) is 14.9 Å². The molecule has 7 heteroatoms. The second kappa shape index (κ2) is 6.69. The molecule has 1 rings (SSSR count). The molecule has 0 aliphatic heterocycles. The summed E-state index contributed by atoms with van der Waals surface area (Å²) in [5, 5.41) is 22.3. The van der Waals surface area contributed by atoms with E-state index in [4.69, 9.17) is 9.84 Å². The molecule has 1 unspecified atom stereocenters. The molecule has 0 amide bonds. The van der Waals surface area contributed by atoms with Gasteiger partial charge in [0.15, 0.2) is 0 Å². The van der Waals surface area contributed by atoms with E-state index < -0.39 is 17.0 Å². The molecule has 1 atom stereocenters. The molecule has 1 aromatic rings. The van der Waals surface area contributed by atoms with E-state index in [1.54, 1.807) is 19.1 Å². The summed E-state index contributed by atoms with van der Waals surface area (Å²) < 4.78 is 5.02. The van der Waals surface area contributed by atoms with Crippen molar-refractivity contribution in [2.45, 2.75) is 19.4 Å². The van der Waals surface area contributed by atoms with Crippen LogP contribution in [0.4, 0.5) is 11.4 Å². The Morgan fingerprint density at radius 2 is 2.26 bits per heavy atom. The fourth-order valence-corrected chi connectivity index (χ4v) is 1.64. The monoisotopic (exact) mass is 268 g/mol. The van der Waals surface area contributed by atoms with E-state index in [0.29, 0.717) is 17.8 Å². The van der Waals surface area contributed by atoms with Crippen LogP contribution in [0.2, 0.25) is 0 Å². The van der Waals surface area contributed by atoms with Crippen LogP contribution in [0.3, 0.4) is 0 Å². The van der Waals surface area contributed by atoms with Gasteiger partial charge in [0.25, 0.3) is 5.69 Å². The molecule has 0 saturated carbocycles. The minimum Gasteiger partial charge on any atom is -0.481 e. The molecule has 0 bridgehead atoms. The molecule has 0 fully saturated rings. The van der Waals surface area contributed by atoms with Crippen molar-refractivity contribution in [1.29, 1.82) is 0 Å². The summed E-state index contributed by atoms with van der Waals surface area (Å²) in [6.07, 6.45) is -0.553.